The van der Waals surface area contributed by atoms with Gasteiger partial charge >= 0.3 is 0 Å². The monoisotopic (exact) mass is 260 g/mol. The van der Waals surface area contributed by atoms with E-state index in [1.165, 1.54) is 0 Å². The van der Waals surface area contributed by atoms with Gasteiger partial charge in [-0.05, 0) is 18.7 Å². The number of para-hydroxylation sites is 1. The van der Waals surface area contributed by atoms with E-state index < -0.39 is 0 Å². The molecule has 0 saturated carbocycles. The van der Waals surface area contributed by atoms with Crippen LogP contribution in [0.2, 0.25) is 0 Å². The van der Waals surface area contributed by atoms with Crippen molar-refractivity contribution in [1.29, 1.82) is 0 Å². The Balaban J connectivity index is 1.89. The van der Waals surface area contributed by atoms with Gasteiger partial charge in [-0.25, -0.2) is 0 Å². The molecule has 102 valence electrons. The molecule has 1 unspecified atom stereocenters. The molecule has 1 atom stereocenters. The van der Waals surface area contributed by atoms with Crippen LogP contribution in [-0.2, 0) is 7.05 Å². The van der Waals surface area contributed by atoms with Crippen LogP contribution >= 0.6 is 0 Å². The summed E-state index contributed by atoms with van der Waals surface area (Å²) in [6.45, 7) is 3.66. The fraction of sp³-hybridized carbons (Fsp3) is 0.429. The molecule has 0 bridgehead atoms. The van der Waals surface area contributed by atoms with Crippen molar-refractivity contribution in [1.82, 2.24) is 20.3 Å². The molecule has 0 amide bonds. The summed E-state index contributed by atoms with van der Waals surface area (Å²) in [7, 11) is 1.91. The molecule has 0 aliphatic carbocycles. The molecule has 2 rings (SSSR count). The molecule has 5 heteroatoms. The van der Waals surface area contributed by atoms with Crippen LogP contribution in [0.5, 0.6) is 5.75 Å². The lowest BCUT2D eigenvalue weighted by molar-refractivity contribution is 0.284. The molecule has 0 aliphatic rings. The number of hydrogen-bond acceptors (Lipinski definition) is 4. The lowest BCUT2D eigenvalue weighted by Gasteiger charge is -2.17. The van der Waals surface area contributed by atoms with E-state index in [2.05, 4.69) is 22.6 Å². The van der Waals surface area contributed by atoms with Crippen LogP contribution in [0.4, 0.5) is 0 Å². The van der Waals surface area contributed by atoms with Gasteiger partial charge in [0.15, 0.2) is 0 Å². The summed E-state index contributed by atoms with van der Waals surface area (Å²) >= 11 is 0. The number of rotatable bonds is 7. The molecule has 19 heavy (non-hydrogen) atoms. The van der Waals surface area contributed by atoms with Crippen LogP contribution in [0, 0.1) is 0 Å². The van der Waals surface area contributed by atoms with Gasteiger partial charge in [-0.15, -0.1) is 5.10 Å². The number of aromatic nitrogens is 3. The minimum absolute atomic E-state index is 0.216. The van der Waals surface area contributed by atoms with Crippen LogP contribution in [0.25, 0.3) is 0 Å². The predicted octanol–water partition coefficient (Wildman–Crippen LogP) is 1.93. The van der Waals surface area contributed by atoms with Gasteiger partial charge in [0.1, 0.15) is 5.75 Å². The summed E-state index contributed by atoms with van der Waals surface area (Å²) in [5.74, 6) is 0.904. The van der Waals surface area contributed by atoms with Crippen molar-refractivity contribution in [3.05, 3.63) is 42.2 Å². The Labute approximate surface area is 113 Å². The van der Waals surface area contributed by atoms with Gasteiger partial charge in [-0.3, -0.25) is 4.68 Å². The molecular formula is C14H20N4O. The van der Waals surface area contributed by atoms with E-state index in [0.29, 0.717) is 6.61 Å². The fourth-order valence-corrected chi connectivity index (χ4v) is 2.03. The molecule has 1 N–H and O–H groups in total. The number of ether oxygens (including phenoxy) is 1. The smallest absolute Gasteiger partial charge is 0.119 e. The molecule has 0 aliphatic heterocycles. The third-order valence-corrected chi connectivity index (χ3v) is 2.98. The van der Waals surface area contributed by atoms with Crippen LogP contribution in [-0.4, -0.2) is 28.1 Å². The van der Waals surface area contributed by atoms with Gasteiger partial charge in [-0.2, -0.15) is 0 Å². The van der Waals surface area contributed by atoms with Crippen molar-refractivity contribution in [2.45, 2.75) is 19.4 Å². The number of aryl methyl sites for hydroxylation is 1. The van der Waals surface area contributed by atoms with Gasteiger partial charge < -0.3 is 10.1 Å². The van der Waals surface area contributed by atoms with Gasteiger partial charge in [0.2, 0.25) is 0 Å². The third kappa shape index (κ3) is 3.79. The molecule has 1 aromatic heterocycles. The van der Waals surface area contributed by atoms with Crippen molar-refractivity contribution < 1.29 is 4.74 Å². The Morgan fingerprint density at radius 2 is 2.11 bits per heavy atom. The highest BCUT2D eigenvalue weighted by atomic mass is 16.5. The lowest BCUT2D eigenvalue weighted by atomic mass is 10.1. The zero-order chi connectivity index (χ0) is 13.5. The molecule has 0 radical (unpaired) electrons. The summed E-state index contributed by atoms with van der Waals surface area (Å²) in [5.41, 5.74) is 1.08. The molecule has 0 saturated heterocycles. The first-order valence-corrected chi connectivity index (χ1v) is 6.57. The molecule has 1 heterocycles. The van der Waals surface area contributed by atoms with Crippen molar-refractivity contribution in [3.8, 4) is 5.75 Å². The topological polar surface area (TPSA) is 52.0 Å². The second-order valence-corrected chi connectivity index (χ2v) is 4.34. The molecule has 0 spiro atoms. The maximum atomic E-state index is 5.73. The number of nitrogens with one attached hydrogen (secondary N) is 1. The number of benzene rings is 1. The number of nitrogens with zero attached hydrogens (tertiary/aromatic N) is 3. The first-order valence-electron chi connectivity index (χ1n) is 6.57. The van der Waals surface area contributed by atoms with Crippen molar-refractivity contribution >= 4 is 0 Å². The Bertz CT molecular complexity index is 483. The van der Waals surface area contributed by atoms with Crippen molar-refractivity contribution in [2.75, 3.05) is 13.2 Å². The van der Waals surface area contributed by atoms with Gasteiger partial charge in [0.25, 0.3) is 0 Å². The minimum atomic E-state index is 0.216. The Morgan fingerprint density at radius 3 is 2.74 bits per heavy atom. The molecule has 2 aromatic rings. The maximum absolute atomic E-state index is 5.73. The van der Waals surface area contributed by atoms with E-state index in [0.717, 1.165) is 24.4 Å². The Kier molecular flexibility index (Phi) is 4.92. The first kappa shape index (κ1) is 13.5. The highest BCUT2D eigenvalue weighted by Crippen LogP contribution is 2.16. The largest absolute Gasteiger partial charge is 0.494 e. The lowest BCUT2D eigenvalue weighted by Crippen LogP contribution is -2.25. The maximum Gasteiger partial charge on any atom is 0.119 e. The van der Waals surface area contributed by atoms with Crippen LogP contribution in [0.1, 0.15) is 25.1 Å². The van der Waals surface area contributed by atoms with Crippen LogP contribution in [0.3, 0.4) is 0 Å². The van der Waals surface area contributed by atoms with Gasteiger partial charge in [0, 0.05) is 13.5 Å². The van der Waals surface area contributed by atoms with Gasteiger partial charge in [-0.1, -0.05) is 30.3 Å². The minimum Gasteiger partial charge on any atom is -0.494 e. The van der Waals surface area contributed by atoms with Gasteiger partial charge in [0.05, 0.1) is 24.5 Å². The predicted molar refractivity (Wildman–Crippen MR) is 74.0 cm³/mol. The number of hydrogen-bond donors (Lipinski definition) is 1. The zero-order valence-corrected chi connectivity index (χ0v) is 11.4. The summed E-state index contributed by atoms with van der Waals surface area (Å²) in [6.07, 6.45) is 2.68. The molecular weight excluding hydrogens is 240 g/mol. The molecule has 0 fully saturated rings. The SMILES string of the molecule is CCNC(CCOc1ccccc1)c1cnnn1C. The van der Waals surface area contributed by atoms with Crippen LogP contribution in [0.15, 0.2) is 36.5 Å². The van der Waals surface area contributed by atoms with Crippen molar-refractivity contribution in [3.63, 3.8) is 0 Å². The Hall–Kier alpha value is -1.88. The van der Waals surface area contributed by atoms with Crippen LogP contribution < -0.4 is 10.1 Å². The van der Waals surface area contributed by atoms with E-state index in [-0.39, 0.29) is 6.04 Å². The first-order chi connectivity index (χ1) is 9.31. The normalized spacial score (nSPS) is 12.3. The van der Waals surface area contributed by atoms with E-state index in [1.807, 2.05) is 37.4 Å². The molecule has 1 aromatic carbocycles. The highest BCUT2D eigenvalue weighted by Gasteiger charge is 2.14. The van der Waals surface area contributed by atoms with E-state index in [9.17, 15) is 0 Å². The molecule has 5 nitrogen and oxygen atoms in total. The summed E-state index contributed by atoms with van der Waals surface area (Å²) < 4.78 is 7.53. The second-order valence-electron chi connectivity index (χ2n) is 4.34. The standard InChI is InChI=1S/C14H20N4O/c1-3-15-13(14-11-16-17-18(14)2)9-10-19-12-7-5-4-6-8-12/h4-8,11,13,15H,3,9-10H2,1-2H3. The third-order valence-electron chi connectivity index (χ3n) is 2.98. The average Bonchev–Trinajstić information content (AvgIpc) is 2.85. The average molecular weight is 260 g/mol. The summed E-state index contributed by atoms with van der Waals surface area (Å²) in [4.78, 5) is 0. The highest BCUT2D eigenvalue weighted by molar-refractivity contribution is 5.20. The summed E-state index contributed by atoms with van der Waals surface area (Å²) in [5, 5.41) is 11.3. The van der Waals surface area contributed by atoms with E-state index in [1.54, 1.807) is 10.9 Å². The summed E-state index contributed by atoms with van der Waals surface area (Å²) in [6, 6.07) is 10.1. The van der Waals surface area contributed by atoms with Crippen molar-refractivity contribution in [2.24, 2.45) is 7.05 Å². The Morgan fingerprint density at radius 1 is 1.32 bits per heavy atom. The van der Waals surface area contributed by atoms with E-state index in [4.69, 9.17) is 4.74 Å². The second kappa shape index (κ2) is 6.89. The zero-order valence-electron chi connectivity index (χ0n) is 11.4. The quantitative estimate of drug-likeness (QED) is 0.826. The van der Waals surface area contributed by atoms with E-state index >= 15 is 0 Å². The fourth-order valence-electron chi connectivity index (χ4n) is 2.03.